The number of pyridine rings is 1. The molecular weight excluding hydrogens is 361 g/mol. The zero-order valence-corrected chi connectivity index (χ0v) is 13.5. The Morgan fingerprint density at radius 3 is 2.70 bits per heavy atom. The van der Waals surface area contributed by atoms with Crippen LogP contribution in [0.4, 0.5) is 17.6 Å². The molecule has 0 spiro atoms. The van der Waals surface area contributed by atoms with Gasteiger partial charge in [0.05, 0.1) is 11.6 Å². The van der Waals surface area contributed by atoms with E-state index >= 15 is 0 Å². The minimum atomic E-state index is -4.60. The van der Waals surface area contributed by atoms with E-state index in [9.17, 15) is 22.4 Å². The molecule has 2 heterocycles. The summed E-state index contributed by atoms with van der Waals surface area (Å²) in [5.74, 6) is -0.548. The van der Waals surface area contributed by atoms with Crippen molar-refractivity contribution in [2.45, 2.75) is 44.3 Å². The molecule has 1 aromatic heterocycles. The highest BCUT2D eigenvalue weighted by Crippen LogP contribution is 2.32. The highest BCUT2D eigenvalue weighted by molar-refractivity contribution is 6.29. The van der Waals surface area contributed by atoms with Crippen LogP contribution in [0, 0.1) is 0 Å². The maximum absolute atomic E-state index is 13.3. The van der Waals surface area contributed by atoms with E-state index in [0.29, 0.717) is 6.20 Å². The first-order chi connectivity index (χ1) is 10.2. The van der Waals surface area contributed by atoms with Crippen LogP contribution in [0.1, 0.15) is 24.5 Å². The van der Waals surface area contributed by atoms with E-state index in [2.05, 4.69) is 15.6 Å². The summed E-state index contributed by atoms with van der Waals surface area (Å²) in [7, 11) is 0. The number of aromatic nitrogens is 1. The van der Waals surface area contributed by atoms with E-state index in [1.165, 1.54) is 0 Å². The zero-order valence-electron chi connectivity index (χ0n) is 12.0. The van der Waals surface area contributed by atoms with Crippen molar-refractivity contribution in [3.05, 3.63) is 28.5 Å². The number of hydrogen-bond acceptors (Lipinski definition) is 3. The number of nitrogens with one attached hydrogen (secondary N) is 2. The maximum atomic E-state index is 13.3. The zero-order chi connectivity index (χ0) is 16.5. The second-order valence-electron chi connectivity index (χ2n) is 5.14. The van der Waals surface area contributed by atoms with Gasteiger partial charge in [-0.3, -0.25) is 4.79 Å². The number of halogens is 6. The fourth-order valence-corrected chi connectivity index (χ4v) is 2.46. The van der Waals surface area contributed by atoms with E-state index in [1.54, 1.807) is 6.92 Å². The molecule has 3 atom stereocenters. The summed E-state index contributed by atoms with van der Waals surface area (Å²) >= 11 is 5.59. The van der Waals surface area contributed by atoms with Crippen molar-refractivity contribution in [2.75, 3.05) is 0 Å². The lowest BCUT2D eigenvalue weighted by molar-refractivity contribution is -0.138. The van der Waals surface area contributed by atoms with Crippen LogP contribution in [0.5, 0.6) is 0 Å². The molecule has 0 aliphatic carbocycles. The first-order valence-electron chi connectivity index (χ1n) is 6.58. The Labute approximate surface area is 141 Å². The topological polar surface area (TPSA) is 54.0 Å². The predicted molar refractivity (Wildman–Crippen MR) is 79.2 cm³/mol. The molecule has 1 aromatic rings. The van der Waals surface area contributed by atoms with Crippen molar-refractivity contribution in [3.63, 3.8) is 0 Å². The first-order valence-corrected chi connectivity index (χ1v) is 6.95. The van der Waals surface area contributed by atoms with Crippen molar-refractivity contribution in [3.8, 4) is 0 Å². The molecule has 4 nitrogen and oxygen atoms in total. The third-order valence-corrected chi connectivity index (χ3v) is 3.71. The van der Waals surface area contributed by atoms with Crippen LogP contribution in [0.3, 0.4) is 0 Å². The predicted octanol–water partition coefficient (Wildman–Crippen LogP) is 2.88. The maximum Gasteiger partial charge on any atom is 0.418 e. The van der Waals surface area contributed by atoms with Gasteiger partial charge in [-0.1, -0.05) is 11.6 Å². The fraction of sp³-hybridized carbons (Fsp3) is 0.538. The standard InChI is InChI=1S/C13H14ClF4N3O.ClH/c1-6-9(15)3-10(21-6)12(22)20-4-7-2-11(14)19-5-8(7)13(16,17)18;/h2,5-6,9-10,21H,3-4H2,1H3,(H,20,22);1H/t6-,9+,10-;/m0./s1. The molecule has 23 heavy (non-hydrogen) atoms. The monoisotopic (exact) mass is 375 g/mol. The van der Waals surface area contributed by atoms with Crippen molar-refractivity contribution in [2.24, 2.45) is 0 Å². The smallest absolute Gasteiger partial charge is 0.351 e. The van der Waals surface area contributed by atoms with Crippen LogP contribution in [0.25, 0.3) is 0 Å². The van der Waals surface area contributed by atoms with Crippen molar-refractivity contribution >= 4 is 29.9 Å². The number of carbonyl (C=O) groups is 1. The second-order valence-corrected chi connectivity index (χ2v) is 5.53. The lowest BCUT2D eigenvalue weighted by Crippen LogP contribution is -2.42. The number of carbonyl (C=O) groups excluding carboxylic acids is 1. The molecule has 1 fully saturated rings. The third-order valence-electron chi connectivity index (χ3n) is 3.50. The Morgan fingerprint density at radius 1 is 1.52 bits per heavy atom. The van der Waals surface area contributed by atoms with E-state index in [1.807, 2.05) is 0 Å². The quantitative estimate of drug-likeness (QED) is 0.630. The third kappa shape index (κ3) is 4.92. The van der Waals surface area contributed by atoms with Crippen LogP contribution in [0.15, 0.2) is 12.3 Å². The summed E-state index contributed by atoms with van der Waals surface area (Å²) in [6, 6.07) is -0.165. The molecule has 0 unspecified atom stereocenters. The molecule has 2 rings (SSSR count). The minimum absolute atomic E-state index is 0. The van der Waals surface area contributed by atoms with Gasteiger partial charge < -0.3 is 10.6 Å². The van der Waals surface area contributed by atoms with Crippen LogP contribution >= 0.6 is 24.0 Å². The summed E-state index contributed by atoms with van der Waals surface area (Å²) in [5, 5.41) is 5.01. The van der Waals surface area contributed by atoms with Crippen LogP contribution in [-0.2, 0) is 17.5 Å². The van der Waals surface area contributed by atoms with Crippen molar-refractivity contribution in [1.82, 2.24) is 15.6 Å². The van der Waals surface area contributed by atoms with Gasteiger partial charge in [-0.25, -0.2) is 9.37 Å². The van der Waals surface area contributed by atoms with E-state index in [4.69, 9.17) is 11.6 Å². The molecular formula is C13H15Cl2F4N3O. The van der Waals surface area contributed by atoms with E-state index < -0.39 is 35.9 Å². The summed E-state index contributed by atoms with van der Waals surface area (Å²) < 4.78 is 51.9. The summed E-state index contributed by atoms with van der Waals surface area (Å²) in [5.41, 5.74) is -1.16. The van der Waals surface area contributed by atoms with Gasteiger partial charge in [-0.05, 0) is 18.6 Å². The summed E-state index contributed by atoms with van der Waals surface area (Å²) in [4.78, 5) is 15.3. The van der Waals surface area contributed by atoms with Gasteiger partial charge in [0, 0.05) is 25.2 Å². The first kappa shape index (κ1) is 19.9. The van der Waals surface area contributed by atoms with Crippen molar-refractivity contribution < 1.29 is 22.4 Å². The lowest BCUT2D eigenvalue weighted by atomic mass is 10.1. The number of alkyl halides is 4. The summed E-state index contributed by atoms with van der Waals surface area (Å²) in [6.07, 6.45) is -5.13. The molecule has 130 valence electrons. The van der Waals surface area contributed by atoms with Gasteiger partial charge in [0.15, 0.2) is 0 Å². The van der Waals surface area contributed by atoms with Crippen LogP contribution in [-0.4, -0.2) is 29.1 Å². The SMILES string of the molecule is C[C@@H]1N[C@H](C(=O)NCc2cc(Cl)ncc2C(F)(F)F)C[C@H]1F.Cl. The average molecular weight is 376 g/mol. The largest absolute Gasteiger partial charge is 0.418 e. The molecule has 2 N–H and O–H groups in total. The number of amides is 1. The Balaban J connectivity index is 0.00000264. The lowest BCUT2D eigenvalue weighted by Gasteiger charge is -2.15. The fourth-order valence-electron chi connectivity index (χ4n) is 2.28. The van der Waals surface area contributed by atoms with Gasteiger partial charge >= 0.3 is 6.18 Å². The number of rotatable bonds is 3. The highest BCUT2D eigenvalue weighted by Gasteiger charge is 2.36. The Kier molecular flexibility index (Phi) is 6.61. The second kappa shape index (κ2) is 7.63. The molecule has 1 saturated heterocycles. The highest BCUT2D eigenvalue weighted by atomic mass is 35.5. The molecule has 10 heteroatoms. The summed E-state index contributed by atoms with van der Waals surface area (Å²) in [6.45, 7) is 1.24. The van der Waals surface area contributed by atoms with Gasteiger partial charge in [-0.2, -0.15) is 13.2 Å². The molecule has 0 saturated carbocycles. The average Bonchev–Trinajstić information content (AvgIpc) is 2.75. The number of hydrogen-bond donors (Lipinski definition) is 2. The Bertz CT molecular complexity index is 561. The molecule has 1 aliphatic rings. The number of nitrogens with zero attached hydrogens (tertiary/aromatic N) is 1. The molecule has 1 amide bonds. The minimum Gasteiger partial charge on any atom is -0.351 e. The van der Waals surface area contributed by atoms with Crippen LogP contribution in [0.2, 0.25) is 5.15 Å². The van der Waals surface area contributed by atoms with Gasteiger partial charge in [-0.15, -0.1) is 12.4 Å². The van der Waals surface area contributed by atoms with Gasteiger partial charge in [0.2, 0.25) is 5.91 Å². The molecule has 0 bridgehead atoms. The van der Waals surface area contributed by atoms with E-state index in [-0.39, 0.29) is 36.1 Å². The van der Waals surface area contributed by atoms with Crippen LogP contribution < -0.4 is 10.6 Å². The Hall–Kier alpha value is -1.12. The molecule has 0 aromatic carbocycles. The molecule has 0 radical (unpaired) electrons. The van der Waals surface area contributed by atoms with E-state index in [0.717, 1.165) is 6.07 Å². The van der Waals surface area contributed by atoms with Gasteiger partial charge in [0.25, 0.3) is 0 Å². The normalized spacial score (nSPS) is 24.2. The van der Waals surface area contributed by atoms with Crippen molar-refractivity contribution in [1.29, 1.82) is 0 Å². The molecule has 1 aliphatic heterocycles. The van der Waals surface area contributed by atoms with Gasteiger partial charge in [0.1, 0.15) is 11.3 Å². The Morgan fingerprint density at radius 2 is 2.17 bits per heavy atom.